The predicted molar refractivity (Wildman–Crippen MR) is 64.6 cm³/mol. The molecule has 0 aliphatic heterocycles. The Morgan fingerprint density at radius 1 is 1.28 bits per heavy atom. The summed E-state index contributed by atoms with van der Waals surface area (Å²) in [5, 5.41) is 0.0810. The van der Waals surface area contributed by atoms with Crippen LogP contribution in [-0.2, 0) is 6.18 Å². The zero-order valence-corrected chi connectivity index (χ0v) is 11.0. The molecule has 96 valence electrons. The van der Waals surface area contributed by atoms with E-state index in [4.69, 9.17) is 5.73 Å². The van der Waals surface area contributed by atoms with E-state index in [9.17, 15) is 17.6 Å². The van der Waals surface area contributed by atoms with Gasteiger partial charge in [-0.3, -0.25) is 0 Å². The summed E-state index contributed by atoms with van der Waals surface area (Å²) in [5.41, 5.74) is 3.77. The number of thiazole rings is 1. The van der Waals surface area contributed by atoms with Crippen LogP contribution in [0.2, 0.25) is 0 Å². The zero-order valence-electron chi connectivity index (χ0n) is 8.55. The van der Waals surface area contributed by atoms with Crippen molar-refractivity contribution < 1.29 is 17.6 Å². The molecule has 2 nitrogen and oxygen atoms in total. The van der Waals surface area contributed by atoms with Crippen molar-refractivity contribution >= 4 is 32.4 Å². The predicted octanol–water partition coefficient (Wildman–Crippen LogP) is 4.31. The Morgan fingerprint density at radius 2 is 1.94 bits per heavy atom. The Labute approximate surface area is 112 Å². The van der Waals surface area contributed by atoms with E-state index in [0.717, 1.165) is 29.7 Å². The summed E-state index contributed by atoms with van der Waals surface area (Å²) in [7, 11) is 0. The molecule has 1 heterocycles. The van der Waals surface area contributed by atoms with Crippen molar-refractivity contribution in [3.05, 3.63) is 34.2 Å². The number of halogens is 5. The van der Waals surface area contributed by atoms with E-state index < -0.39 is 23.1 Å². The maximum absolute atomic E-state index is 13.9. The van der Waals surface area contributed by atoms with Gasteiger partial charge in [-0.2, -0.15) is 13.2 Å². The number of anilines is 1. The number of alkyl halides is 3. The number of nitrogen functional groups attached to an aromatic ring is 1. The SMILES string of the molecule is Nc1ncc(-c2c(C(F)(F)F)ccc(Br)c2F)s1. The van der Waals surface area contributed by atoms with Gasteiger partial charge >= 0.3 is 6.18 Å². The summed E-state index contributed by atoms with van der Waals surface area (Å²) < 4.78 is 52.3. The lowest BCUT2D eigenvalue weighted by atomic mass is 10.1. The minimum atomic E-state index is -4.64. The van der Waals surface area contributed by atoms with E-state index in [1.54, 1.807) is 0 Å². The van der Waals surface area contributed by atoms with E-state index in [0.29, 0.717) is 0 Å². The van der Waals surface area contributed by atoms with Crippen molar-refractivity contribution in [2.75, 3.05) is 5.73 Å². The summed E-state index contributed by atoms with van der Waals surface area (Å²) >= 11 is 3.66. The average Bonchev–Trinajstić information content (AvgIpc) is 2.66. The zero-order chi connectivity index (χ0) is 13.5. The summed E-state index contributed by atoms with van der Waals surface area (Å²) in [5.74, 6) is -0.978. The number of rotatable bonds is 1. The van der Waals surface area contributed by atoms with Crippen LogP contribution in [0.5, 0.6) is 0 Å². The smallest absolute Gasteiger partial charge is 0.375 e. The van der Waals surface area contributed by atoms with E-state index in [2.05, 4.69) is 20.9 Å². The van der Waals surface area contributed by atoms with Crippen LogP contribution in [0.25, 0.3) is 10.4 Å². The molecular formula is C10H5BrF4N2S. The highest BCUT2D eigenvalue weighted by atomic mass is 79.9. The molecule has 1 aromatic carbocycles. The number of nitrogens with zero attached hydrogens (tertiary/aromatic N) is 1. The highest BCUT2D eigenvalue weighted by molar-refractivity contribution is 9.10. The monoisotopic (exact) mass is 340 g/mol. The van der Waals surface area contributed by atoms with Gasteiger partial charge < -0.3 is 5.73 Å². The van der Waals surface area contributed by atoms with Crippen LogP contribution in [0.1, 0.15) is 5.56 Å². The van der Waals surface area contributed by atoms with Gasteiger partial charge in [-0.1, -0.05) is 11.3 Å². The lowest BCUT2D eigenvalue weighted by molar-refractivity contribution is -0.137. The van der Waals surface area contributed by atoms with E-state index in [1.807, 2.05) is 0 Å². The van der Waals surface area contributed by atoms with E-state index in [1.165, 1.54) is 0 Å². The first kappa shape index (κ1) is 13.3. The maximum Gasteiger partial charge on any atom is 0.417 e. The van der Waals surface area contributed by atoms with Crippen LogP contribution in [0.4, 0.5) is 22.7 Å². The summed E-state index contributed by atoms with van der Waals surface area (Å²) in [6.45, 7) is 0. The molecule has 0 amide bonds. The largest absolute Gasteiger partial charge is 0.417 e. The summed E-state index contributed by atoms with van der Waals surface area (Å²) in [6, 6.07) is 1.84. The Bertz CT molecular complexity index is 594. The molecule has 0 saturated carbocycles. The first-order valence-electron chi connectivity index (χ1n) is 4.57. The topological polar surface area (TPSA) is 38.9 Å². The molecule has 0 fully saturated rings. The molecule has 1 aromatic heterocycles. The Kier molecular flexibility index (Phi) is 3.33. The Balaban J connectivity index is 2.74. The minimum Gasteiger partial charge on any atom is -0.375 e. The van der Waals surface area contributed by atoms with Crippen LogP contribution in [0, 0.1) is 5.82 Å². The quantitative estimate of drug-likeness (QED) is 0.785. The van der Waals surface area contributed by atoms with Crippen molar-refractivity contribution in [3.8, 4) is 10.4 Å². The van der Waals surface area contributed by atoms with Gasteiger partial charge in [0.15, 0.2) is 5.13 Å². The number of hydrogen-bond donors (Lipinski definition) is 1. The highest BCUT2D eigenvalue weighted by Crippen LogP contribution is 2.42. The van der Waals surface area contributed by atoms with Gasteiger partial charge in [0.2, 0.25) is 0 Å². The molecule has 0 radical (unpaired) electrons. The van der Waals surface area contributed by atoms with Crippen molar-refractivity contribution in [2.45, 2.75) is 6.18 Å². The lowest BCUT2D eigenvalue weighted by Crippen LogP contribution is -2.08. The molecule has 0 unspecified atom stereocenters. The van der Waals surface area contributed by atoms with Gasteiger partial charge in [0.1, 0.15) is 5.82 Å². The van der Waals surface area contributed by atoms with Gasteiger partial charge in [0, 0.05) is 11.8 Å². The third-order valence-electron chi connectivity index (χ3n) is 2.17. The molecule has 0 spiro atoms. The first-order valence-corrected chi connectivity index (χ1v) is 6.18. The van der Waals surface area contributed by atoms with Crippen molar-refractivity contribution in [3.63, 3.8) is 0 Å². The third kappa shape index (κ3) is 2.35. The molecule has 8 heteroatoms. The Hall–Kier alpha value is -1.15. The summed E-state index contributed by atoms with van der Waals surface area (Å²) in [4.78, 5) is 3.67. The second-order valence-corrected chi connectivity index (χ2v) is 5.26. The van der Waals surface area contributed by atoms with Crippen molar-refractivity contribution in [2.24, 2.45) is 0 Å². The normalized spacial score (nSPS) is 11.8. The molecule has 0 saturated heterocycles. The molecule has 0 aliphatic rings. The molecule has 18 heavy (non-hydrogen) atoms. The molecule has 2 aromatic rings. The third-order valence-corrected chi connectivity index (χ3v) is 3.63. The second kappa shape index (κ2) is 4.51. The van der Waals surface area contributed by atoms with Crippen LogP contribution < -0.4 is 5.73 Å². The van der Waals surface area contributed by atoms with Gasteiger partial charge in [0.05, 0.1) is 14.9 Å². The van der Waals surface area contributed by atoms with Gasteiger partial charge in [-0.15, -0.1) is 0 Å². The van der Waals surface area contributed by atoms with E-state index >= 15 is 0 Å². The van der Waals surface area contributed by atoms with Crippen LogP contribution in [-0.4, -0.2) is 4.98 Å². The number of hydrogen-bond acceptors (Lipinski definition) is 3. The second-order valence-electron chi connectivity index (χ2n) is 3.34. The van der Waals surface area contributed by atoms with E-state index in [-0.39, 0.29) is 14.5 Å². The fraction of sp³-hybridized carbons (Fsp3) is 0.100. The molecule has 0 aliphatic carbocycles. The standard InChI is InChI=1S/C10H5BrF4N2S/c11-5-2-1-4(10(13,14)15)7(8(5)12)6-3-17-9(16)18-6/h1-3H,(H2,16,17). The van der Waals surface area contributed by atoms with Gasteiger partial charge in [-0.05, 0) is 28.1 Å². The van der Waals surface area contributed by atoms with Crippen molar-refractivity contribution in [1.29, 1.82) is 0 Å². The number of nitrogens with two attached hydrogens (primary N) is 1. The molecular weight excluding hydrogens is 336 g/mol. The van der Waals surface area contributed by atoms with Crippen molar-refractivity contribution in [1.82, 2.24) is 4.98 Å². The first-order chi connectivity index (χ1) is 8.30. The fourth-order valence-electron chi connectivity index (χ4n) is 1.43. The molecule has 2 N–H and O–H groups in total. The molecule has 2 rings (SSSR count). The Morgan fingerprint density at radius 3 is 2.44 bits per heavy atom. The number of aromatic nitrogens is 1. The molecule has 0 atom stereocenters. The van der Waals surface area contributed by atoms with Crippen LogP contribution in [0.15, 0.2) is 22.8 Å². The fourth-order valence-corrected chi connectivity index (χ4v) is 2.50. The minimum absolute atomic E-state index is 0.0404. The van der Waals surface area contributed by atoms with Gasteiger partial charge in [0.25, 0.3) is 0 Å². The number of benzene rings is 1. The van der Waals surface area contributed by atoms with Crippen LogP contribution >= 0.6 is 27.3 Å². The van der Waals surface area contributed by atoms with Gasteiger partial charge in [-0.25, -0.2) is 9.37 Å². The van der Waals surface area contributed by atoms with Crippen LogP contribution in [0.3, 0.4) is 0 Å². The molecule has 0 bridgehead atoms. The summed E-state index contributed by atoms with van der Waals surface area (Å²) in [6.07, 6.45) is -3.52. The average molecular weight is 341 g/mol. The maximum atomic E-state index is 13.9. The highest BCUT2D eigenvalue weighted by Gasteiger charge is 2.36. The lowest BCUT2D eigenvalue weighted by Gasteiger charge is -2.13.